The van der Waals surface area contributed by atoms with Crippen LogP contribution in [-0.4, -0.2) is 36.0 Å². The van der Waals surface area contributed by atoms with Crippen LogP contribution in [0.25, 0.3) is 0 Å². The first kappa shape index (κ1) is 9.27. The minimum atomic E-state index is -0.00504. The van der Waals surface area contributed by atoms with Gasteiger partial charge in [0.15, 0.2) is 0 Å². The summed E-state index contributed by atoms with van der Waals surface area (Å²) in [7, 11) is 3.75. The predicted octanol–water partition coefficient (Wildman–Crippen LogP) is 0.293. The molecule has 0 saturated heterocycles. The van der Waals surface area contributed by atoms with Crippen molar-refractivity contribution in [3.05, 3.63) is 23.5 Å². The van der Waals surface area contributed by atoms with Crippen LogP contribution in [0.2, 0.25) is 0 Å². The van der Waals surface area contributed by atoms with Crippen molar-refractivity contribution < 1.29 is 4.79 Å². The minimum Gasteiger partial charge on any atom is -0.355 e. The zero-order chi connectivity index (χ0) is 10.1. The van der Waals surface area contributed by atoms with Gasteiger partial charge in [-0.1, -0.05) is 0 Å². The molecule has 2 heterocycles. The molecule has 4 heteroatoms. The Morgan fingerprint density at radius 1 is 1.50 bits per heavy atom. The lowest BCUT2D eigenvalue weighted by Crippen LogP contribution is -2.29. The zero-order valence-corrected chi connectivity index (χ0v) is 8.58. The van der Waals surface area contributed by atoms with E-state index in [9.17, 15) is 4.79 Å². The van der Waals surface area contributed by atoms with E-state index in [0.29, 0.717) is 0 Å². The molecule has 0 fully saturated rings. The van der Waals surface area contributed by atoms with Gasteiger partial charge in [0, 0.05) is 38.6 Å². The third-order valence-corrected chi connectivity index (χ3v) is 2.63. The van der Waals surface area contributed by atoms with Crippen LogP contribution in [0.15, 0.2) is 12.3 Å². The van der Waals surface area contributed by atoms with Gasteiger partial charge < -0.3 is 9.88 Å². The molecule has 0 spiro atoms. The number of rotatable bonds is 1. The molecule has 1 N–H and O–H groups in total. The summed E-state index contributed by atoms with van der Waals surface area (Å²) in [5, 5.41) is 2.64. The highest BCUT2D eigenvalue weighted by Crippen LogP contribution is 2.14. The molecule has 0 aromatic carbocycles. The van der Waals surface area contributed by atoms with Crippen molar-refractivity contribution in [1.82, 2.24) is 14.8 Å². The fourth-order valence-corrected chi connectivity index (χ4v) is 1.80. The first-order chi connectivity index (χ1) is 6.70. The highest BCUT2D eigenvalue weighted by molar-refractivity contribution is 5.94. The van der Waals surface area contributed by atoms with Gasteiger partial charge >= 0.3 is 0 Å². The lowest BCUT2D eigenvalue weighted by atomic mass is 10.3. The normalized spacial score (nSPS) is 16.4. The van der Waals surface area contributed by atoms with Gasteiger partial charge in [0.1, 0.15) is 0 Å². The molecule has 1 aliphatic rings. The Morgan fingerprint density at radius 3 is 3.00 bits per heavy atom. The van der Waals surface area contributed by atoms with Crippen molar-refractivity contribution in [1.29, 1.82) is 0 Å². The monoisotopic (exact) mass is 193 g/mol. The van der Waals surface area contributed by atoms with Gasteiger partial charge in [-0.25, -0.2) is 0 Å². The van der Waals surface area contributed by atoms with Gasteiger partial charge in [-0.3, -0.25) is 9.69 Å². The number of fused-ring (bicyclic) bond motifs is 1. The molecule has 1 aliphatic heterocycles. The van der Waals surface area contributed by atoms with Crippen molar-refractivity contribution in [3.8, 4) is 0 Å². The van der Waals surface area contributed by atoms with Crippen molar-refractivity contribution >= 4 is 5.91 Å². The molecule has 0 atom stereocenters. The van der Waals surface area contributed by atoms with E-state index < -0.39 is 0 Å². The van der Waals surface area contributed by atoms with Crippen molar-refractivity contribution in [2.45, 2.75) is 13.1 Å². The van der Waals surface area contributed by atoms with Crippen LogP contribution >= 0.6 is 0 Å². The highest BCUT2D eigenvalue weighted by Gasteiger charge is 2.16. The maximum atomic E-state index is 11.4. The first-order valence-corrected chi connectivity index (χ1v) is 4.80. The maximum Gasteiger partial charge on any atom is 0.252 e. The first-order valence-electron chi connectivity index (χ1n) is 4.80. The van der Waals surface area contributed by atoms with Crippen LogP contribution in [-0.2, 0) is 13.1 Å². The van der Waals surface area contributed by atoms with E-state index in [1.165, 1.54) is 5.69 Å². The molecule has 0 bridgehead atoms. The number of carbonyl (C=O) groups is 1. The third kappa shape index (κ3) is 1.53. The molecule has 0 unspecified atom stereocenters. The molecule has 1 amide bonds. The molecular formula is C10H15N3O. The lowest BCUT2D eigenvalue weighted by Gasteiger charge is -2.24. The number of hydrogen-bond donors (Lipinski definition) is 1. The van der Waals surface area contributed by atoms with Crippen molar-refractivity contribution in [2.24, 2.45) is 0 Å². The number of likely N-dealkylation sites (N-methyl/N-ethyl adjacent to an activating group) is 1. The molecule has 2 rings (SSSR count). The summed E-state index contributed by atoms with van der Waals surface area (Å²) in [6.07, 6.45) is 1.93. The third-order valence-electron chi connectivity index (χ3n) is 2.63. The molecule has 1 aromatic heterocycles. The summed E-state index contributed by atoms with van der Waals surface area (Å²) < 4.78 is 2.16. The Hall–Kier alpha value is -1.29. The van der Waals surface area contributed by atoms with E-state index in [4.69, 9.17) is 0 Å². The average Bonchev–Trinajstić information content (AvgIpc) is 2.59. The van der Waals surface area contributed by atoms with E-state index >= 15 is 0 Å². The molecule has 4 nitrogen and oxygen atoms in total. The Bertz CT molecular complexity index is 356. The summed E-state index contributed by atoms with van der Waals surface area (Å²) in [6, 6.07) is 1.97. The zero-order valence-electron chi connectivity index (χ0n) is 8.58. The van der Waals surface area contributed by atoms with Gasteiger partial charge in [-0.2, -0.15) is 0 Å². The largest absolute Gasteiger partial charge is 0.355 e. The van der Waals surface area contributed by atoms with Gasteiger partial charge in [0.25, 0.3) is 5.91 Å². The highest BCUT2D eigenvalue weighted by atomic mass is 16.1. The Kier molecular flexibility index (Phi) is 2.29. The van der Waals surface area contributed by atoms with Crippen LogP contribution in [0.1, 0.15) is 16.1 Å². The SMILES string of the molecule is CNC(=O)c1cc2n(c1)CCN(C)C2. The fraction of sp³-hybridized carbons (Fsp3) is 0.500. The molecule has 0 radical (unpaired) electrons. The summed E-state index contributed by atoms with van der Waals surface area (Å²) in [5.74, 6) is -0.00504. The van der Waals surface area contributed by atoms with Crippen LogP contribution in [0, 0.1) is 0 Å². The van der Waals surface area contributed by atoms with Crippen molar-refractivity contribution in [2.75, 3.05) is 20.6 Å². The predicted molar refractivity (Wildman–Crippen MR) is 54.2 cm³/mol. The maximum absolute atomic E-state index is 11.4. The Labute approximate surface area is 83.5 Å². The quantitative estimate of drug-likeness (QED) is 0.696. The number of carbonyl (C=O) groups excluding carboxylic acids is 1. The smallest absolute Gasteiger partial charge is 0.252 e. The van der Waals surface area contributed by atoms with Gasteiger partial charge in [-0.05, 0) is 13.1 Å². The fourth-order valence-electron chi connectivity index (χ4n) is 1.80. The van der Waals surface area contributed by atoms with E-state index in [1.54, 1.807) is 7.05 Å². The number of hydrogen-bond acceptors (Lipinski definition) is 2. The molecule has 1 aromatic rings. The summed E-state index contributed by atoms with van der Waals surface area (Å²) in [4.78, 5) is 13.6. The second kappa shape index (κ2) is 3.46. The van der Waals surface area contributed by atoms with Crippen LogP contribution in [0.3, 0.4) is 0 Å². The van der Waals surface area contributed by atoms with Crippen molar-refractivity contribution in [3.63, 3.8) is 0 Å². The lowest BCUT2D eigenvalue weighted by molar-refractivity contribution is 0.0963. The van der Waals surface area contributed by atoms with E-state index in [0.717, 1.165) is 25.2 Å². The van der Waals surface area contributed by atoms with E-state index in [1.807, 2.05) is 12.3 Å². The minimum absolute atomic E-state index is 0.00504. The van der Waals surface area contributed by atoms with E-state index in [-0.39, 0.29) is 5.91 Å². The molecule has 0 saturated carbocycles. The number of nitrogens with zero attached hydrogens (tertiary/aromatic N) is 2. The second-order valence-electron chi connectivity index (χ2n) is 3.73. The van der Waals surface area contributed by atoms with Gasteiger partial charge in [0.05, 0.1) is 5.56 Å². The Morgan fingerprint density at radius 2 is 2.29 bits per heavy atom. The van der Waals surface area contributed by atoms with Crippen LogP contribution < -0.4 is 5.32 Å². The topological polar surface area (TPSA) is 37.3 Å². The molecule has 0 aliphatic carbocycles. The summed E-state index contributed by atoms with van der Waals surface area (Å²) >= 11 is 0. The summed E-state index contributed by atoms with van der Waals surface area (Å²) in [6.45, 7) is 2.95. The Balaban J connectivity index is 2.27. The summed E-state index contributed by atoms with van der Waals surface area (Å²) in [5.41, 5.74) is 1.98. The average molecular weight is 193 g/mol. The molecule has 14 heavy (non-hydrogen) atoms. The number of amides is 1. The number of aromatic nitrogens is 1. The molecule has 76 valence electrons. The second-order valence-corrected chi connectivity index (χ2v) is 3.73. The number of nitrogens with one attached hydrogen (secondary N) is 1. The van der Waals surface area contributed by atoms with Crippen LogP contribution in [0.5, 0.6) is 0 Å². The van der Waals surface area contributed by atoms with Gasteiger partial charge in [0.2, 0.25) is 0 Å². The standard InChI is InChI=1S/C10H15N3O/c1-11-10(14)8-5-9-7-12(2)3-4-13(9)6-8/h5-6H,3-4,7H2,1-2H3,(H,11,14). The molecular weight excluding hydrogens is 178 g/mol. The van der Waals surface area contributed by atoms with Crippen LogP contribution in [0.4, 0.5) is 0 Å². The van der Waals surface area contributed by atoms with E-state index in [2.05, 4.69) is 21.8 Å². The van der Waals surface area contributed by atoms with Gasteiger partial charge in [-0.15, -0.1) is 0 Å².